The smallest absolute Gasteiger partial charge is 0.168 e. The lowest BCUT2D eigenvalue weighted by molar-refractivity contribution is -0.113. The summed E-state index contributed by atoms with van der Waals surface area (Å²) in [5.41, 5.74) is 1.05. The van der Waals surface area contributed by atoms with Crippen LogP contribution in [0.1, 0.15) is 32.1 Å². The summed E-state index contributed by atoms with van der Waals surface area (Å²) in [6.45, 7) is 0. The highest BCUT2D eigenvalue weighted by Gasteiger charge is 2.12. The maximum absolute atomic E-state index is 12.1. The first kappa shape index (κ1) is 13.9. The second kappa shape index (κ2) is 7.15. The number of ketones is 1. The third-order valence-electron chi connectivity index (χ3n) is 3.09. The molecule has 0 bridgehead atoms. The average molecular weight is 325 g/mol. The molecule has 2 rings (SSSR count). The number of benzene rings is 1. The maximum atomic E-state index is 12.1. The number of hydrogen-bond donors (Lipinski definition) is 0. The van der Waals surface area contributed by atoms with Gasteiger partial charge in [-0.3, -0.25) is 4.79 Å². The van der Waals surface area contributed by atoms with Crippen LogP contribution in [0.2, 0.25) is 0 Å². The maximum Gasteiger partial charge on any atom is 0.168 e. The molecule has 18 heavy (non-hydrogen) atoms. The van der Waals surface area contributed by atoms with E-state index in [2.05, 4.69) is 22.0 Å². The van der Waals surface area contributed by atoms with Crippen molar-refractivity contribution < 1.29 is 4.79 Å². The summed E-state index contributed by atoms with van der Waals surface area (Å²) in [4.78, 5) is 13.3. The van der Waals surface area contributed by atoms with Crippen molar-refractivity contribution >= 4 is 33.5 Å². The fourth-order valence-electron chi connectivity index (χ4n) is 2.07. The summed E-state index contributed by atoms with van der Waals surface area (Å²) in [5, 5.41) is 0. The zero-order chi connectivity index (χ0) is 12.8. The van der Waals surface area contributed by atoms with Crippen molar-refractivity contribution in [2.24, 2.45) is 0 Å². The molecule has 0 saturated heterocycles. The second-order valence-corrected chi connectivity index (χ2v) is 6.34. The van der Waals surface area contributed by atoms with Crippen molar-refractivity contribution in [1.29, 1.82) is 0 Å². The van der Waals surface area contributed by atoms with Gasteiger partial charge in [0.1, 0.15) is 0 Å². The largest absolute Gasteiger partial charge is 0.294 e. The Morgan fingerprint density at radius 3 is 2.89 bits per heavy atom. The normalized spacial score (nSPS) is 15.9. The molecule has 0 heterocycles. The molecule has 1 aromatic rings. The average Bonchev–Trinajstić information content (AvgIpc) is 2.66. The molecule has 1 aliphatic carbocycles. The van der Waals surface area contributed by atoms with E-state index >= 15 is 0 Å². The van der Waals surface area contributed by atoms with Crippen LogP contribution in [0.5, 0.6) is 0 Å². The van der Waals surface area contributed by atoms with Crippen molar-refractivity contribution in [3.05, 3.63) is 40.4 Å². The number of rotatable bonds is 4. The highest BCUT2D eigenvalue weighted by molar-refractivity contribution is 9.10. The molecule has 0 radical (unpaired) electrons. The van der Waals surface area contributed by atoms with Crippen molar-refractivity contribution in [3.63, 3.8) is 0 Å². The predicted octanol–water partition coefficient (Wildman–Crippen LogP) is 5.00. The first-order chi connectivity index (χ1) is 8.77. The van der Waals surface area contributed by atoms with Gasteiger partial charge in [-0.15, -0.1) is 11.8 Å². The molecule has 0 saturated carbocycles. The van der Waals surface area contributed by atoms with Gasteiger partial charge in [-0.1, -0.05) is 24.6 Å². The Morgan fingerprint density at radius 2 is 2.06 bits per heavy atom. The molecular weight excluding hydrogens is 308 g/mol. The fraction of sp³-hybridized carbons (Fsp3) is 0.400. The molecular formula is C15H17BrOS. The lowest BCUT2D eigenvalue weighted by atomic mass is 10.1. The number of carbonyl (C=O) groups excluding carboxylic acids is 1. The Morgan fingerprint density at radius 1 is 1.22 bits per heavy atom. The Kier molecular flexibility index (Phi) is 5.51. The van der Waals surface area contributed by atoms with Crippen molar-refractivity contribution in [1.82, 2.24) is 0 Å². The Labute approximate surface area is 121 Å². The fourth-order valence-corrected chi connectivity index (χ4v) is 3.55. The van der Waals surface area contributed by atoms with Crippen LogP contribution < -0.4 is 0 Å². The number of Topliss-reactive ketones (excluding diaryl/α,β-unsaturated/α-hetero) is 1. The molecule has 1 nitrogen and oxygen atoms in total. The van der Waals surface area contributed by atoms with E-state index in [1.807, 2.05) is 24.3 Å². The SMILES string of the molecule is O=C(CSc1ccccc1Br)C1=CCCCCC1. The number of hydrogen-bond acceptors (Lipinski definition) is 2. The Bertz CT molecular complexity index is 454. The van der Waals surface area contributed by atoms with Crippen LogP contribution in [0, 0.1) is 0 Å². The van der Waals surface area contributed by atoms with E-state index < -0.39 is 0 Å². The molecule has 0 aliphatic heterocycles. The van der Waals surface area contributed by atoms with E-state index in [-0.39, 0.29) is 0 Å². The van der Waals surface area contributed by atoms with Gasteiger partial charge in [-0.25, -0.2) is 0 Å². The standard InChI is InChI=1S/C15H17BrOS/c16-13-9-5-6-10-15(13)18-11-14(17)12-7-3-1-2-4-8-12/h5-7,9-10H,1-4,8,11H2. The minimum Gasteiger partial charge on any atom is -0.294 e. The molecule has 0 fully saturated rings. The lowest BCUT2D eigenvalue weighted by Crippen LogP contribution is -2.05. The quantitative estimate of drug-likeness (QED) is 0.725. The van der Waals surface area contributed by atoms with Crippen molar-refractivity contribution in [3.8, 4) is 0 Å². The lowest BCUT2D eigenvalue weighted by Gasteiger charge is -2.06. The van der Waals surface area contributed by atoms with Crippen LogP contribution in [0.3, 0.4) is 0 Å². The molecule has 1 aromatic carbocycles. The molecule has 0 spiro atoms. The first-order valence-corrected chi connectivity index (χ1v) is 8.15. The van der Waals surface area contributed by atoms with Gasteiger partial charge < -0.3 is 0 Å². The summed E-state index contributed by atoms with van der Waals surface area (Å²) in [6.07, 6.45) is 7.84. The minimum absolute atomic E-state index is 0.303. The van der Waals surface area contributed by atoms with Crippen LogP contribution in [-0.4, -0.2) is 11.5 Å². The monoisotopic (exact) mass is 324 g/mol. The van der Waals surface area contributed by atoms with E-state index in [1.54, 1.807) is 11.8 Å². The van der Waals surface area contributed by atoms with Gasteiger partial charge in [-0.2, -0.15) is 0 Å². The van der Waals surface area contributed by atoms with Crippen molar-refractivity contribution in [2.45, 2.75) is 37.0 Å². The molecule has 0 atom stereocenters. The second-order valence-electron chi connectivity index (χ2n) is 4.47. The molecule has 96 valence electrons. The zero-order valence-corrected chi connectivity index (χ0v) is 12.7. The molecule has 0 unspecified atom stereocenters. The van der Waals surface area contributed by atoms with Gasteiger partial charge in [0.05, 0.1) is 5.75 Å². The Hall–Kier alpha value is -0.540. The summed E-state index contributed by atoms with van der Waals surface area (Å²) in [6, 6.07) is 8.05. The van der Waals surface area contributed by atoms with Gasteiger partial charge in [0.15, 0.2) is 5.78 Å². The molecule has 1 aliphatic rings. The Balaban J connectivity index is 1.92. The van der Waals surface area contributed by atoms with Crippen LogP contribution in [0.15, 0.2) is 45.3 Å². The number of halogens is 1. The number of thioether (sulfide) groups is 1. The van der Waals surface area contributed by atoms with E-state index in [9.17, 15) is 4.79 Å². The first-order valence-electron chi connectivity index (χ1n) is 6.37. The topological polar surface area (TPSA) is 17.1 Å². The molecule has 3 heteroatoms. The summed E-state index contributed by atoms with van der Waals surface area (Å²) in [5.74, 6) is 0.853. The highest BCUT2D eigenvalue weighted by atomic mass is 79.9. The van der Waals surface area contributed by atoms with E-state index in [4.69, 9.17) is 0 Å². The van der Waals surface area contributed by atoms with Gasteiger partial charge in [0.2, 0.25) is 0 Å². The third kappa shape index (κ3) is 3.99. The molecule has 0 amide bonds. The van der Waals surface area contributed by atoms with Gasteiger partial charge in [-0.05, 0) is 59.3 Å². The molecule has 0 aromatic heterocycles. The summed E-state index contributed by atoms with van der Waals surface area (Å²) in [7, 11) is 0. The van der Waals surface area contributed by atoms with Gasteiger partial charge in [0, 0.05) is 9.37 Å². The van der Waals surface area contributed by atoms with Crippen LogP contribution in [-0.2, 0) is 4.79 Å². The van der Waals surface area contributed by atoms with Crippen molar-refractivity contribution in [2.75, 3.05) is 5.75 Å². The summed E-state index contributed by atoms with van der Waals surface area (Å²) < 4.78 is 1.07. The summed E-state index contributed by atoms with van der Waals surface area (Å²) >= 11 is 5.13. The van der Waals surface area contributed by atoms with Crippen LogP contribution in [0.4, 0.5) is 0 Å². The highest BCUT2D eigenvalue weighted by Crippen LogP contribution is 2.28. The van der Waals surface area contributed by atoms with Gasteiger partial charge >= 0.3 is 0 Å². The van der Waals surface area contributed by atoms with E-state index in [1.165, 1.54) is 12.8 Å². The van der Waals surface area contributed by atoms with Crippen LogP contribution in [0.25, 0.3) is 0 Å². The number of allylic oxidation sites excluding steroid dienone is 2. The number of carbonyl (C=O) groups is 1. The van der Waals surface area contributed by atoms with Gasteiger partial charge in [0.25, 0.3) is 0 Å². The van der Waals surface area contributed by atoms with E-state index in [0.29, 0.717) is 11.5 Å². The zero-order valence-electron chi connectivity index (χ0n) is 10.3. The van der Waals surface area contributed by atoms with E-state index in [0.717, 1.165) is 34.2 Å². The predicted molar refractivity (Wildman–Crippen MR) is 81.0 cm³/mol. The van der Waals surface area contributed by atoms with Crippen LogP contribution >= 0.6 is 27.7 Å². The molecule has 0 N–H and O–H groups in total. The third-order valence-corrected chi connectivity index (χ3v) is 5.12. The minimum atomic E-state index is 0.303.